The fourth-order valence-electron chi connectivity index (χ4n) is 4.18. The Morgan fingerprint density at radius 2 is 1.29 bits per heavy atom. The number of carbonyl (C=O) groups is 1. The SMILES string of the molecule is C=CC(=O)Oc1c(C(C)(C)C)cc(OC)cc1C(C)(CC)c1cc(OC)cc(C(C)(C)C)c1O. The zero-order valence-corrected chi connectivity index (χ0v) is 22.4. The first-order valence-electron chi connectivity index (χ1n) is 11.6. The zero-order chi connectivity index (χ0) is 26.1. The van der Waals surface area contributed by atoms with Gasteiger partial charge >= 0.3 is 5.97 Å². The molecule has 5 nitrogen and oxygen atoms in total. The number of hydrogen-bond donors (Lipinski definition) is 1. The highest BCUT2D eigenvalue weighted by Crippen LogP contribution is 2.51. The molecule has 0 aliphatic heterocycles. The van der Waals surface area contributed by atoms with Crippen molar-refractivity contribution in [2.75, 3.05) is 14.2 Å². The van der Waals surface area contributed by atoms with Crippen molar-refractivity contribution in [1.82, 2.24) is 0 Å². The van der Waals surface area contributed by atoms with Crippen molar-refractivity contribution in [2.24, 2.45) is 0 Å². The van der Waals surface area contributed by atoms with Crippen LogP contribution in [0.2, 0.25) is 0 Å². The molecule has 0 saturated carbocycles. The molecule has 34 heavy (non-hydrogen) atoms. The highest BCUT2D eigenvalue weighted by Gasteiger charge is 2.38. The van der Waals surface area contributed by atoms with Gasteiger partial charge in [0, 0.05) is 33.7 Å². The average Bonchev–Trinajstić information content (AvgIpc) is 2.76. The van der Waals surface area contributed by atoms with Crippen molar-refractivity contribution in [1.29, 1.82) is 0 Å². The first-order chi connectivity index (χ1) is 15.6. The topological polar surface area (TPSA) is 65.0 Å². The Morgan fingerprint density at radius 3 is 1.71 bits per heavy atom. The number of phenols is 1. The Labute approximate surface area is 204 Å². The Morgan fingerprint density at radius 1 is 0.853 bits per heavy atom. The summed E-state index contributed by atoms with van der Waals surface area (Å²) in [5.41, 5.74) is 1.66. The maximum absolute atomic E-state index is 12.4. The van der Waals surface area contributed by atoms with E-state index in [-0.39, 0.29) is 16.6 Å². The van der Waals surface area contributed by atoms with Crippen molar-refractivity contribution < 1.29 is 24.1 Å². The number of rotatable bonds is 7. The average molecular weight is 469 g/mol. The second kappa shape index (κ2) is 9.73. The quantitative estimate of drug-likeness (QED) is 0.275. The van der Waals surface area contributed by atoms with Crippen LogP contribution in [0.1, 0.15) is 84.1 Å². The minimum absolute atomic E-state index is 0.207. The molecule has 5 heteroatoms. The molecule has 0 saturated heterocycles. The summed E-state index contributed by atoms with van der Waals surface area (Å²) in [6.07, 6.45) is 1.77. The van der Waals surface area contributed by atoms with Gasteiger partial charge in [-0.25, -0.2) is 4.79 Å². The van der Waals surface area contributed by atoms with Crippen molar-refractivity contribution in [3.63, 3.8) is 0 Å². The van der Waals surface area contributed by atoms with E-state index in [0.29, 0.717) is 29.2 Å². The summed E-state index contributed by atoms with van der Waals surface area (Å²) in [7, 11) is 3.23. The van der Waals surface area contributed by atoms with Gasteiger partial charge in [0.2, 0.25) is 0 Å². The van der Waals surface area contributed by atoms with E-state index < -0.39 is 11.4 Å². The third-order valence-corrected chi connectivity index (χ3v) is 6.50. The highest BCUT2D eigenvalue weighted by atomic mass is 16.5. The van der Waals surface area contributed by atoms with Crippen molar-refractivity contribution in [3.8, 4) is 23.0 Å². The van der Waals surface area contributed by atoms with Crippen LogP contribution in [0.4, 0.5) is 0 Å². The molecule has 0 bridgehead atoms. The summed E-state index contributed by atoms with van der Waals surface area (Å²) in [5.74, 6) is 1.43. The Balaban J connectivity index is 3.05. The van der Waals surface area contributed by atoms with Crippen LogP contribution in [0.25, 0.3) is 0 Å². The molecule has 2 aromatic rings. The largest absolute Gasteiger partial charge is 0.507 e. The number of aromatic hydroxyl groups is 1. The van der Waals surface area contributed by atoms with Gasteiger partial charge < -0.3 is 19.3 Å². The Hall–Kier alpha value is -2.95. The molecule has 0 aliphatic rings. The lowest BCUT2D eigenvalue weighted by Gasteiger charge is -2.36. The predicted molar refractivity (Wildman–Crippen MR) is 138 cm³/mol. The molecule has 0 fully saturated rings. The number of hydrogen-bond acceptors (Lipinski definition) is 5. The molecule has 0 aliphatic carbocycles. The lowest BCUT2D eigenvalue weighted by molar-refractivity contribution is -0.129. The molecular formula is C29H40O5. The summed E-state index contributed by atoms with van der Waals surface area (Å²) in [5, 5.41) is 11.5. The summed E-state index contributed by atoms with van der Waals surface area (Å²) in [6, 6.07) is 7.53. The first-order valence-corrected chi connectivity index (χ1v) is 11.6. The Kier molecular flexibility index (Phi) is 7.81. The van der Waals surface area contributed by atoms with Gasteiger partial charge in [0.05, 0.1) is 14.2 Å². The minimum Gasteiger partial charge on any atom is -0.507 e. The van der Waals surface area contributed by atoms with Gasteiger partial charge in [-0.3, -0.25) is 0 Å². The van der Waals surface area contributed by atoms with Gasteiger partial charge in [0.15, 0.2) is 0 Å². The predicted octanol–water partition coefficient (Wildman–Crippen LogP) is 6.81. The summed E-state index contributed by atoms with van der Waals surface area (Å²) in [4.78, 5) is 12.4. The second-order valence-corrected chi connectivity index (χ2v) is 10.9. The first kappa shape index (κ1) is 27.3. The number of methoxy groups -OCH3 is 2. The molecule has 2 aromatic carbocycles. The van der Waals surface area contributed by atoms with Gasteiger partial charge in [0.1, 0.15) is 23.0 Å². The second-order valence-electron chi connectivity index (χ2n) is 10.9. The lowest BCUT2D eigenvalue weighted by Crippen LogP contribution is -2.28. The van der Waals surface area contributed by atoms with Gasteiger partial charge in [-0.2, -0.15) is 0 Å². The van der Waals surface area contributed by atoms with Gasteiger partial charge in [-0.15, -0.1) is 0 Å². The minimum atomic E-state index is -0.732. The van der Waals surface area contributed by atoms with Crippen LogP contribution in [0.15, 0.2) is 36.9 Å². The fraction of sp³-hybridized carbons (Fsp3) is 0.483. The summed E-state index contributed by atoms with van der Waals surface area (Å²) >= 11 is 0. The molecule has 1 atom stereocenters. The van der Waals surface area contributed by atoms with E-state index in [0.717, 1.165) is 22.8 Å². The number of esters is 1. The number of ether oxygens (including phenoxy) is 3. The van der Waals surface area contributed by atoms with Crippen LogP contribution in [0.3, 0.4) is 0 Å². The number of carbonyl (C=O) groups excluding carboxylic acids is 1. The molecule has 0 amide bonds. The van der Waals surface area contributed by atoms with Gasteiger partial charge in [-0.05, 0) is 41.5 Å². The monoisotopic (exact) mass is 468 g/mol. The fourth-order valence-corrected chi connectivity index (χ4v) is 4.18. The van der Waals surface area contributed by atoms with Crippen LogP contribution in [-0.2, 0) is 21.0 Å². The van der Waals surface area contributed by atoms with Crippen molar-refractivity contribution in [3.05, 3.63) is 59.2 Å². The van der Waals surface area contributed by atoms with Crippen LogP contribution in [0, 0.1) is 0 Å². The van der Waals surface area contributed by atoms with E-state index in [2.05, 4.69) is 48.1 Å². The van der Waals surface area contributed by atoms with E-state index in [4.69, 9.17) is 14.2 Å². The van der Waals surface area contributed by atoms with E-state index in [1.54, 1.807) is 14.2 Å². The summed E-state index contributed by atoms with van der Waals surface area (Å²) < 4.78 is 17.2. The molecule has 0 spiro atoms. The van der Waals surface area contributed by atoms with Gasteiger partial charge in [0.25, 0.3) is 0 Å². The normalized spacial score (nSPS) is 13.7. The van der Waals surface area contributed by atoms with Crippen LogP contribution in [0.5, 0.6) is 23.0 Å². The standard InChI is InChI=1S/C29H40O5/c1-12-24(30)34-26-22(28(6,7)8)16-19(33-11)17-23(26)29(9,13-2)21-15-18(32-10)14-20(25(21)31)27(3,4)5/h12,14-17,31H,1,13H2,2-11H3. The molecule has 1 N–H and O–H groups in total. The van der Waals surface area contributed by atoms with Crippen molar-refractivity contribution in [2.45, 2.75) is 78.1 Å². The maximum atomic E-state index is 12.4. The van der Waals surface area contributed by atoms with Crippen LogP contribution >= 0.6 is 0 Å². The highest BCUT2D eigenvalue weighted by molar-refractivity contribution is 5.84. The number of benzene rings is 2. The molecular weight excluding hydrogens is 428 g/mol. The Bertz CT molecular complexity index is 1070. The molecule has 0 heterocycles. The lowest BCUT2D eigenvalue weighted by atomic mass is 9.70. The summed E-state index contributed by atoms with van der Waals surface area (Å²) in [6.45, 7) is 20.0. The zero-order valence-electron chi connectivity index (χ0n) is 22.4. The van der Waals surface area contributed by atoms with Gasteiger partial charge in [-0.1, -0.05) is 62.0 Å². The smallest absolute Gasteiger partial charge is 0.335 e. The van der Waals surface area contributed by atoms with E-state index >= 15 is 0 Å². The molecule has 1 unspecified atom stereocenters. The van der Waals surface area contributed by atoms with E-state index in [1.165, 1.54) is 0 Å². The third kappa shape index (κ3) is 5.24. The van der Waals surface area contributed by atoms with Crippen molar-refractivity contribution >= 4 is 5.97 Å². The number of phenolic OH excluding ortho intramolecular Hbond substituents is 1. The molecule has 0 radical (unpaired) electrons. The van der Waals surface area contributed by atoms with E-state index in [1.807, 2.05) is 38.1 Å². The molecule has 186 valence electrons. The van der Waals surface area contributed by atoms with E-state index in [9.17, 15) is 9.90 Å². The maximum Gasteiger partial charge on any atom is 0.335 e. The molecule has 2 rings (SSSR count). The van der Waals surface area contributed by atoms with Crippen LogP contribution < -0.4 is 14.2 Å². The molecule has 0 aromatic heterocycles. The third-order valence-electron chi connectivity index (χ3n) is 6.50. The van der Waals surface area contributed by atoms with Crippen LogP contribution in [-0.4, -0.2) is 25.3 Å².